The number of amides is 1. The van der Waals surface area contributed by atoms with Crippen molar-refractivity contribution in [3.63, 3.8) is 0 Å². The molecule has 1 aliphatic carbocycles. The first-order chi connectivity index (χ1) is 15.9. The number of fused-ring (bicyclic) bond motifs is 3. The number of hydrogen-bond acceptors (Lipinski definition) is 3. The predicted octanol–water partition coefficient (Wildman–Crippen LogP) is 6.37. The van der Waals surface area contributed by atoms with Crippen LogP contribution in [0.2, 0.25) is 5.02 Å². The predicted molar refractivity (Wildman–Crippen MR) is 131 cm³/mol. The summed E-state index contributed by atoms with van der Waals surface area (Å²) in [6.07, 6.45) is 4.54. The van der Waals surface area contributed by atoms with Crippen molar-refractivity contribution < 1.29 is 9.21 Å². The number of anilines is 1. The average molecular weight is 460 g/mol. The van der Waals surface area contributed by atoms with Gasteiger partial charge in [-0.05, 0) is 61.1 Å². The minimum Gasteiger partial charge on any atom is -0.455 e. The van der Waals surface area contributed by atoms with Gasteiger partial charge < -0.3 is 9.73 Å². The van der Waals surface area contributed by atoms with Crippen LogP contribution in [0.25, 0.3) is 11.3 Å². The summed E-state index contributed by atoms with van der Waals surface area (Å²) >= 11 is 6.01. The topological polar surface area (TPSA) is 60.1 Å². The second kappa shape index (κ2) is 8.56. The molecule has 0 radical (unpaired) electrons. The van der Waals surface area contributed by atoms with E-state index in [9.17, 15) is 4.79 Å². The zero-order chi connectivity index (χ0) is 23.1. The van der Waals surface area contributed by atoms with E-state index in [1.165, 1.54) is 5.56 Å². The first-order valence-electron chi connectivity index (χ1n) is 11.3. The van der Waals surface area contributed by atoms with Crippen LogP contribution in [0.1, 0.15) is 51.1 Å². The van der Waals surface area contributed by atoms with Gasteiger partial charge in [0, 0.05) is 34.5 Å². The molecular weight excluding hydrogens is 434 g/mol. The molecule has 0 spiro atoms. The molecule has 0 unspecified atom stereocenters. The van der Waals surface area contributed by atoms with Gasteiger partial charge in [0.05, 0.1) is 12.2 Å². The van der Waals surface area contributed by atoms with Gasteiger partial charge in [-0.3, -0.25) is 9.48 Å². The van der Waals surface area contributed by atoms with Crippen molar-refractivity contribution in [2.24, 2.45) is 0 Å². The van der Waals surface area contributed by atoms with E-state index >= 15 is 0 Å². The third-order valence-corrected chi connectivity index (χ3v) is 6.61. The van der Waals surface area contributed by atoms with Crippen LogP contribution in [0.15, 0.2) is 53.1 Å². The lowest BCUT2D eigenvalue weighted by Gasteiger charge is -2.12. The monoisotopic (exact) mass is 459 g/mol. The largest absolute Gasteiger partial charge is 0.455 e. The van der Waals surface area contributed by atoms with Crippen molar-refractivity contribution in [3.05, 3.63) is 93.0 Å². The van der Waals surface area contributed by atoms with E-state index < -0.39 is 0 Å². The summed E-state index contributed by atoms with van der Waals surface area (Å²) < 4.78 is 8.06. The number of nitrogens with zero attached hydrogens (tertiary/aromatic N) is 2. The molecule has 1 amide bonds. The summed E-state index contributed by atoms with van der Waals surface area (Å²) in [6, 6.07) is 13.9. The summed E-state index contributed by atoms with van der Waals surface area (Å²) in [6.45, 7) is 6.71. The van der Waals surface area contributed by atoms with E-state index in [4.69, 9.17) is 21.1 Å². The van der Waals surface area contributed by atoms with Crippen LogP contribution in [-0.2, 0) is 25.8 Å². The molecule has 0 bridgehead atoms. The third kappa shape index (κ3) is 3.98. The molecule has 4 aromatic rings. The van der Waals surface area contributed by atoms with Gasteiger partial charge in [0.2, 0.25) is 0 Å². The fourth-order valence-corrected chi connectivity index (χ4v) is 4.74. The van der Waals surface area contributed by atoms with E-state index in [1.54, 1.807) is 0 Å². The lowest BCUT2D eigenvalue weighted by atomic mass is 9.93. The number of rotatable bonds is 5. The fourth-order valence-electron chi connectivity index (χ4n) is 4.61. The summed E-state index contributed by atoms with van der Waals surface area (Å²) in [7, 11) is 0. The van der Waals surface area contributed by atoms with Crippen LogP contribution in [0, 0.1) is 13.8 Å². The Kier molecular flexibility index (Phi) is 5.59. The first kappa shape index (κ1) is 21.5. The van der Waals surface area contributed by atoms with E-state index in [0.29, 0.717) is 12.3 Å². The van der Waals surface area contributed by atoms with Crippen molar-refractivity contribution in [2.75, 3.05) is 5.32 Å². The molecule has 0 aliphatic heterocycles. The molecule has 33 heavy (non-hydrogen) atoms. The zero-order valence-electron chi connectivity index (χ0n) is 19.0. The summed E-state index contributed by atoms with van der Waals surface area (Å²) in [5.41, 5.74) is 8.04. The first-order valence-corrected chi connectivity index (χ1v) is 11.7. The van der Waals surface area contributed by atoms with Gasteiger partial charge in [0.25, 0.3) is 5.91 Å². The second-order valence-electron chi connectivity index (χ2n) is 8.60. The number of benzene rings is 2. The molecule has 2 aromatic carbocycles. The lowest BCUT2D eigenvalue weighted by molar-refractivity contribution is 0.0994. The minimum absolute atomic E-state index is 0.215. The van der Waals surface area contributed by atoms with Gasteiger partial charge in [-0.15, -0.1) is 0 Å². The summed E-state index contributed by atoms with van der Waals surface area (Å²) in [5, 5.41) is 8.68. The Bertz CT molecular complexity index is 1350. The molecule has 5 rings (SSSR count). The summed E-state index contributed by atoms with van der Waals surface area (Å²) in [5.74, 6) is 0.987. The molecule has 5 nitrogen and oxygen atoms in total. The maximum absolute atomic E-state index is 13.2. The van der Waals surface area contributed by atoms with Crippen LogP contribution in [0.3, 0.4) is 0 Å². The SMILES string of the molecule is CCc1cccc(C)c1NC(=O)c1oc2c(c1C)-c1nn(Cc3ccc(Cl)cc3)cc1CC2. The van der Waals surface area contributed by atoms with Gasteiger partial charge in [0.15, 0.2) is 5.76 Å². The highest BCUT2D eigenvalue weighted by Gasteiger charge is 2.30. The molecule has 6 heteroatoms. The number of hydrogen-bond donors (Lipinski definition) is 1. The molecule has 0 fully saturated rings. The van der Waals surface area contributed by atoms with E-state index in [2.05, 4.69) is 18.4 Å². The number of furan rings is 1. The smallest absolute Gasteiger partial charge is 0.291 e. The molecule has 168 valence electrons. The molecule has 0 saturated heterocycles. The normalized spacial score (nSPS) is 12.4. The molecule has 0 atom stereocenters. The Morgan fingerprint density at radius 2 is 1.94 bits per heavy atom. The van der Waals surface area contributed by atoms with Crippen LogP contribution in [0.5, 0.6) is 0 Å². The maximum atomic E-state index is 13.2. The molecular formula is C27H26ClN3O2. The highest BCUT2D eigenvalue weighted by atomic mass is 35.5. The highest BCUT2D eigenvalue weighted by molar-refractivity contribution is 6.30. The molecule has 2 heterocycles. The number of aryl methyl sites for hydroxylation is 4. The van der Waals surface area contributed by atoms with Gasteiger partial charge in [-0.2, -0.15) is 5.10 Å². The summed E-state index contributed by atoms with van der Waals surface area (Å²) in [4.78, 5) is 13.2. The van der Waals surface area contributed by atoms with Crippen LogP contribution in [-0.4, -0.2) is 15.7 Å². The molecule has 1 aliphatic rings. The molecule has 0 saturated carbocycles. The Balaban J connectivity index is 1.45. The van der Waals surface area contributed by atoms with Gasteiger partial charge in [-0.25, -0.2) is 0 Å². The average Bonchev–Trinajstić information content (AvgIpc) is 3.36. The van der Waals surface area contributed by atoms with E-state index in [1.807, 2.05) is 61.0 Å². The Morgan fingerprint density at radius 1 is 1.15 bits per heavy atom. The van der Waals surface area contributed by atoms with E-state index in [-0.39, 0.29) is 5.91 Å². The quantitative estimate of drug-likeness (QED) is 0.377. The lowest BCUT2D eigenvalue weighted by Crippen LogP contribution is -2.14. The van der Waals surface area contributed by atoms with Gasteiger partial charge >= 0.3 is 0 Å². The number of nitrogens with one attached hydrogen (secondary N) is 1. The van der Waals surface area contributed by atoms with Crippen LogP contribution >= 0.6 is 11.6 Å². The number of carbonyl (C=O) groups excluding carboxylic acids is 1. The van der Waals surface area contributed by atoms with Crippen LogP contribution < -0.4 is 5.32 Å². The number of carbonyl (C=O) groups is 1. The molecule has 2 aromatic heterocycles. The Hall–Kier alpha value is -3.31. The fraction of sp³-hybridized carbons (Fsp3) is 0.259. The van der Waals surface area contributed by atoms with Gasteiger partial charge in [-0.1, -0.05) is 48.9 Å². The van der Waals surface area contributed by atoms with Crippen molar-refractivity contribution in [1.82, 2.24) is 9.78 Å². The highest BCUT2D eigenvalue weighted by Crippen LogP contribution is 2.38. The van der Waals surface area contributed by atoms with Crippen molar-refractivity contribution in [1.29, 1.82) is 0 Å². The van der Waals surface area contributed by atoms with Crippen LogP contribution in [0.4, 0.5) is 5.69 Å². The van der Waals surface area contributed by atoms with Crippen molar-refractivity contribution >= 4 is 23.2 Å². The third-order valence-electron chi connectivity index (χ3n) is 6.36. The van der Waals surface area contributed by atoms with E-state index in [0.717, 1.165) is 69.2 Å². The number of para-hydroxylation sites is 1. The minimum atomic E-state index is -0.215. The number of aromatic nitrogens is 2. The maximum Gasteiger partial charge on any atom is 0.291 e. The Morgan fingerprint density at radius 3 is 2.70 bits per heavy atom. The Labute approximate surface area is 198 Å². The standard InChI is InChI=1S/C27H26ClN3O2/c1-4-19-7-5-6-16(2)24(19)29-27(32)26-17(3)23-22(33-26)13-10-20-15-31(30-25(20)23)14-18-8-11-21(28)12-9-18/h5-9,11-12,15H,4,10,13-14H2,1-3H3,(H,29,32). The zero-order valence-corrected chi connectivity index (χ0v) is 19.8. The van der Waals surface area contributed by atoms with Gasteiger partial charge in [0.1, 0.15) is 5.76 Å². The van der Waals surface area contributed by atoms with Crippen molar-refractivity contribution in [3.8, 4) is 11.3 Å². The second-order valence-corrected chi connectivity index (χ2v) is 9.03. The number of halogens is 1. The molecule has 1 N–H and O–H groups in total. The van der Waals surface area contributed by atoms with Crippen molar-refractivity contribution in [2.45, 2.75) is 46.6 Å².